The Balaban J connectivity index is 1.96. The molecule has 4 nitrogen and oxygen atoms in total. The quantitative estimate of drug-likeness (QED) is 0.527. The van der Waals surface area contributed by atoms with E-state index in [4.69, 9.17) is 4.84 Å². The first kappa shape index (κ1) is 8.87. The van der Waals surface area contributed by atoms with Gasteiger partial charge in [-0.05, 0) is 18.9 Å². The number of oxime groups is 1. The minimum absolute atomic E-state index is 0.301. The molecule has 0 N–H and O–H groups in total. The van der Waals surface area contributed by atoms with Crippen LogP contribution >= 0.6 is 0 Å². The highest BCUT2D eigenvalue weighted by Gasteiger charge is 2.02. The fourth-order valence-electron chi connectivity index (χ4n) is 1.21. The lowest BCUT2D eigenvalue weighted by atomic mass is 10.1. The summed E-state index contributed by atoms with van der Waals surface area (Å²) in [6.45, 7) is 0. The number of hydrogen-bond acceptors (Lipinski definition) is 4. The molecule has 0 saturated heterocycles. The molecule has 4 heteroatoms. The summed E-state index contributed by atoms with van der Waals surface area (Å²) in [5.74, 6) is 0. The molecule has 1 aliphatic rings. The lowest BCUT2D eigenvalue weighted by Gasteiger charge is -2.05. The molecule has 1 aliphatic carbocycles. The van der Waals surface area contributed by atoms with Crippen LogP contribution in [-0.2, 0) is 0 Å². The van der Waals surface area contributed by atoms with Crippen molar-refractivity contribution < 1.29 is 4.84 Å². The molecule has 0 bridgehead atoms. The highest BCUT2D eigenvalue weighted by Crippen LogP contribution is 2.08. The second-order valence-electron chi connectivity index (χ2n) is 2.99. The van der Waals surface area contributed by atoms with E-state index in [1.807, 2.05) is 0 Å². The highest BCUT2D eigenvalue weighted by molar-refractivity contribution is 5.86. The number of allylic oxidation sites excluding steroid dienone is 2. The molecular formula is C10H11N3O. The third-order valence-corrected chi connectivity index (χ3v) is 1.92. The van der Waals surface area contributed by atoms with E-state index in [0.717, 1.165) is 25.0 Å². The third-order valence-electron chi connectivity index (χ3n) is 1.92. The Labute approximate surface area is 82.3 Å². The number of nitrogens with zero attached hydrogens (tertiary/aromatic N) is 3. The molecule has 0 fully saturated rings. The molecule has 72 valence electrons. The van der Waals surface area contributed by atoms with Crippen LogP contribution in [0.1, 0.15) is 19.3 Å². The van der Waals surface area contributed by atoms with Gasteiger partial charge in [0, 0.05) is 18.8 Å². The minimum Gasteiger partial charge on any atom is -0.315 e. The molecule has 1 aromatic rings. The molecule has 0 amide bonds. The van der Waals surface area contributed by atoms with Crippen molar-refractivity contribution in [3.63, 3.8) is 0 Å². The predicted octanol–water partition coefficient (Wildman–Crippen LogP) is 1.95. The molecule has 14 heavy (non-hydrogen) atoms. The van der Waals surface area contributed by atoms with Gasteiger partial charge >= 0.3 is 6.01 Å². The van der Waals surface area contributed by atoms with Gasteiger partial charge in [0.1, 0.15) is 0 Å². The summed E-state index contributed by atoms with van der Waals surface area (Å²) >= 11 is 0. The van der Waals surface area contributed by atoms with Crippen LogP contribution in [0, 0.1) is 0 Å². The number of hydrogen-bond donors (Lipinski definition) is 0. The van der Waals surface area contributed by atoms with Crippen LogP contribution in [-0.4, -0.2) is 15.7 Å². The average Bonchev–Trinajstić information content (AvgIpc) is 2.29. The summed E-state index contributed by atoms with van der Waals surface area (Å²) in [4.78, 5) is 12.9. The van der Waals surface area contributed by atoms with E-state index in [1.54, 1.807) is 18.5 Å². The summed E-state index contributed by atoms with van der Waals surface area (Å²) in [6.07, 6.45) is 10.4. The Morgan fingerprint density at radius 3 is 2.79 bits per heavy atom. The molecule has 0 aliphatic heterocycles. The van der Waals surface area contributed by atoms with Crippen molar-refractivity contribution in [1.82, 2.24) is 9.97 Å². The van der Waals surface area contributed by atoms with E-state index >= 15 is 0 Å². The van der Waals surface area contributed by atoms with Gasteiger partial charge in [-0.3, -0.25) is 0 Å². The zero-order valence-corrected chi connectivity index (χ0v) is 7.76. The second kappa shape index (κ2) is 4.50. The molecule has 0 unspecified atom stereocenters. The largest absolute Gasteiger partial charge is 0.345 e. The maximum atomic E-state index is 5.08. The van der Waals surface area contributed by atoms with Crippen molar-refractivity contribution in [3.8, 4) is 6.01 Å². The van der Waals surface area contributed by atoms with Crippen LogP contribution in [0.2, 0.25) is 0 Å². The van der Waals surface area contributed by atoms with Crippen molar-refractivity contribution in [2.24, 2.45) is 5.16 Å². The summed E-state index contributed by atoms with van der Waals surface area (Å²) < 4.78 is 0. The summed E-state index contributed by atoms with van der Waals surface area (Å²) in [7, 11) is 0. The van der Waals surface area contributed by atoms with Gasteiger partial charge in [0.05, 0.1) is 5.71 Å². The first-order valence-electron chi connectivity index (χ1n) is 4.60. The molecule has 0 atom stereocenters. The topological polar surface area (TPSA) is 47.4 Å². The molecule has 0 aromatic carbocycles. The van der Waals surface area contributed by atoms with Crippen molar-refractivity contribution in [1.29, 1.82) is 0 Å². The van der Waals surface area contributed by atoms with Gasteiger partial charge in [0.15, 0.2) is 0 Å². The van der Waals surface area contributed by atoms with E-state index in [2.05, 4.69) is 27.3 Å². The van der Waals surface area contributed by atoms with Gasteiger partial charge in [0.25, 0.3) is 0 Å². The second-order valence-corrected chi connectivity index (χ2v) is 2.99. The van der Waals surface area contributed by atoms with Crippen LogP contribution in [0.15, 0.2) is 35.8 Å². The summed E-state index contributed by atoms with van der Waals surface area (Å²) in [5, 5.41) is 3.99. The fourth-order valence-corrected chi connectivity index (χ4v) is 1.21. The molecule has 2 rings (SSSR count). The Bertz CT molecular complexity index is 346. The van der Waals surface area contributed by atoms with E-state index in [-0.39, 0.29) is 0 Å². The first-order chi connectivity index (χ1) is 6.95. The van der Waals surface area contributed by atoms with Gasteiger partial charge in [0.2, 0.25) is 0 Å². The standard InChI is InChI=1S/C10H11N3O/c1-2-5-9(6-3-1)13-14-10-11-7-4-8-12-10/h1-2,4,7-8H,3,5-6H2. The molecule has 1 heterocycles. The highest BCUT2D eigenvalue weighted by atomic mass is 16.6. The van der Waals surface area contributed by atoms with Crippen LogP contribution in [0.25, 0.3) is 0 Å². The van der Waals surface area contributed by atoms with E-state index < -0.39 is 0 Å². The lowest BCUT2D eigenvalue weighted by molar-refractivity contribution is 0.310. The molecular weight excluding hydrogens is 178 g/mol. The fraction of sp³-hybridized carbons (Fsp3) is 0.300. The Hall–Kier alpha value is -1.71. The van der Waals surface area contributed by atoms with Crippen molar-refractivity contribution in [2.75, 3.05) is 0 Å². The number of rotatable bonds is 2. The molecule has 0 radical (unpaired) electrons. The van der Waals surface area contributed by atoms with E-state index in [1.165, 1.54) is 0 Å². The van der Waals surface area contributed by atoms with Crippen LogP contribution in [0.5, 0.6) is 6.01 Å². The zero-order valence-electron chi connectivity index (χ0n) is 7.76. The summed E-state index contributed by atoms with van der Waals surface area (Å²) in [5.41, 5.74) is 1.04. The minimum atomic E-state index is 0.301. The Morgan fingerprint density at radius 1 is 1.21 bits per heavy atom. The van der Waals surface area contributed by atoms with Crippen molar-refractivity contribution in [3.05, 3.63) is 30.6 Å². The molecule has 0 spiro atoms. The van der Waals surface area contributed by atoms with E-state index in [0.29, 0.717) is 6.01 Å². The van der Waals surface area contributed by atoms with Gasteiger partial charge in [-0.1, -0.05) is 17.3 Å². The Kier molecular flexibility index (Phi) is 2.85. The Morgan fingerprint density at radius 2 is 2.07 bits per heavy atom. The van der Waals surface area contributed by atoms with Crippen molar-refractivity contribution in [2.45, 2.75) is 19.3 Å². The van der Waals surface area contributed by atoms with Gasteiger partial charge in [-0.15, -0.1) is 0 Å². The van der Waals surface area contributed by atoms with Gasteiger partial charge < -0.3 is 4.84 Å². The summed E-state index contributed by atoms with van der Waals surface area (Å²) in [6, 6.07) is 2.04. The van der Waals surface area contributed by atoms with Crippen LogP contribution in [0.3, 0.4) is 0 Å². The third kappa shape index (κ3) is 2.39. The average molecular weight is 189 g/mol. The molecule has 0 saturated carbocycles. The first-order valence-corrected chi connectivity index (χ1v) is 4.60. The number of aromatic nitrogens is 2. The maximum Gasteiger partial charge on any atom is 0.345 e. The lowest BCUT2D eigenvalue weighted by Crippen LogP contribution is -2.03. The molecule has 1 aromatic heterocycles. The SMILES string of the molecule is C1=CCC(=NOc2ncccn2)CC1. The predicted molar refractivity (Wildman–Crippen MR) is 53.1 cm³/mol. The van der Waals surface area contributed by atoms with Gasteiger partial charge in [-0.2, -0.15) is 0 Å². The van der Waals surface area contributed by atoms with Gasteiger partial charge in [-0.25, -0.2) is 9.97 Å². The monoisotopic (exact) mass is 189 g/mol. The maximum absolute atomic E-state index is 5.08. The van der Waals surface area contributed by atoms with E-state index in [9.17, 15) is 0 Å². The smallest absolute Gasteiger partial charge is 0.315 e. The normalized spacial score (nSPS) is 18.4. The van der Waals surface area contributed by atoms with Crippen LogP contribution in [0.4, 0.5) is 0 Å². The van der Waals surface area contributed by atoms with Crippen LogP contribution < -0.4 is 4.84 Å². The zero-order chi connectivity index (χ0) is 9.64. The van der Waals surface area contributed by atoms with Crippen molar-refractivity contribution >= 4 is 5.71 Å².